The van der Waals surface area contributed by atoms with E-state index in [0.29, 0.717) is 11.6 Å². The summed E-state index contributed by atoms with van der Waals surface area (Å²) in [7, 11) is 3.97. The van der Waals surface area contributed by atoms with Gasteiger partial charge in [-0.2, -0.15) is 0 Å². The van der Waals surface area contributed by atoms with Crippen molar-refractivity contribution < 1.29 is 0 Å². The topological polar surface area (TPSA) is 71.9 Å². The summed E-state index contributed by atoms with van der Waals surface area (Å²) in [6, 6.07) is 8.17. The first kappa shape index (κ1) is 21.6. The molecule has 0 radical (unpaired) electrons. The maximum atomic E-state index is 6.32. The predicted octanol–water partition coefficient (Wildman–Crippen LogP) is 1.83. The highest BCUT2D eigenvalue weighted by atomic mass is 35.5. The van der Waals surface area contributed by atoms with Crippen molar-refractivity contribution in [3.63, 3.8) is 0 Å². The molecule has 166 valence electrons. The van der Waals surface area contributed by atoms with Crippen LogP contribution in [-0.4, -0.2) is 80.2 Å². The summed E-state index contributed by atoms with van der Waals surface area (Å²) in [4.78, 5) is 20.5. The highest BCUT2D eigenvalue weighted by Crippen LogP contribution is 2.25. The Kier molecular flexibility index (Phi) is 7.09. The van der Waals surface area contributed by atoms with Crippen molar-refractivity contribution in [2.45, 2.75) is 19.0 Å². The highest BCUT2D eigenvalue weighted by molar-refractivity contribution is 6.32. The minimum absolute atomic E-state index is 0.287. The van der Waals surface area contributed by atoms with Gasteiger partial charge in [0, 0.05) is 76.9 Å². The number of nitrogens with zero attached hydrogens (tertiary/aromatic N) is 6. The smallest absolute Gasteiger partial charge is 0.191 e. The molecule has 0 spiro atoms. The van der Waals surface area contributed by atoms with Gasteiger partial charge in [-0.3, -0.25) is 4.99 Å². The summed E-state index contributed by atoms with van der Waals surface area (Å²) in [5.74, 6) is 2.71. The first-order valence-electron chi connectivity index (χ1n) is 10.8. The number of hydrogen-bond donors (Lipinski definition) is 2. The quantitative estimate of drug-likeness (QED) is 0.540. The summed E-state index contributed by atoms with van der Waals surface area (Å²) < 4.78 is 0. The molecule has 0 amide bonds. The second-order valence-electron chi connectivity index (χ2n) is 8.09. The summed E-state index contributed by atoms with van der Waals surface area (Å²) in [5.41, 5.74) is 1.18. The second kappa shape index (κ2) is 10.2. The Morgan fingerprint density at radius 3 is 2.55 bits per heavy atom. The normalized spacial score (nSPS) is 20.2. The molecule has 4 heterocycles. The Morgan fingerprint density at radius 1 is 1.06 bits per heavy atom. The summed E-state index contributed by atoms with van der Waals surface area (Å²) in [6.07, 6.45) is 4.67. The van der Waals surface area contributed by atoms with Gasteiger partial charge in [-0.1, -0.05) is 17.7 Å². The number of pyridine rings is 2. The van der Waals surface area contributed by atoms with E-state index in [-0.39, 0.29) is 6.04 Å². The first-order chi connectivity index (χ1) is 15.1. The molecular weight excluding hydrogens is 412 g/mol. The van der Waals surface area contributed by atoms with Crippen LogP contribution in [0.15, 0.2) is 41.7 Å². The molecule has 0 aliphatic carbocycles. The van der Waals surface area contributed by atoms with Crippen LogP contribution in [0.4, 0.5) is 11.6 Å². The van der Waals surface area contributed by atoms with Gasteiger partial charge in [-0.15, -0.1) is 0 Å². The lowest BCUT2D eigenvalue weighted by atomic mass is 10.2. The molecule has 0 saturated carbocycles. The van der Waals surface area contributed by atoms with Gasteiger partial charge in [0.2, 0.25) is 0 Å². The molecule has 9 heteroatoms. The largest absolute Gasteiger partial charge is 0.354 e. The third-order valence-electron chi connectivity index (χ3n) is 5.91. The molecule has 1 unspecified atom stereocenters. The zero-order chi connectivity index (χ0) is 21.6. The fourth-order valence-electron chi connectivity index (χ4n) is 4.12. The van der Waals surface area contributed by atoms with Crippen molar-refractivity contribution in [3.8, 4) is 0 Å². The van der Waals surface area contributed by atoms with Crippen LogP contribution < -0.4 is 20.4 Å². The Morgan fingerprint density at radius 2 is 1.81 bits per heavy atom. The fourth-order valence-corrected chi connectivity index (χ4v) is 4.36. The van der Waals surface area contributed by atoms with Crippen LogP contribution in [0.2, 0.25) is 5.02 Å². The van der Waals surface area contributed by atoms with Gasteiger partial charge in [0.25, 0.3) is 0 Å². The number of hydrogen-bond acceptors (Lipinski definition) is 6. The summed E-state index contributed by atoms with van der Waals surface area (Å²) in [5, 5.41) is 7.71. The molecule has 0 bridgehead atoms. The molecule has 2 aromatic heterocycles. The predicted molar refractivity (Wildman–Crippen MR) is 127 cm³/mol. The average molecular weight is 443 g/mol. The number of aromatic nitrogens is 2. The number of guanidine groups is 1. The maximum Gasteiger partial charge on any atom is 0.191 e. The van der Waals surface area contributed by atoms with Crippen molar-refractivity contribution in [2.24, 2.45) is 4.99 Å². The van der Waals surface area contributed by atoms with Crippen molar-refractivity contribution in [3.05, 3.63) is 47.2 Å². The Hall–Kier alpha value is -2.58. The Balaban J connectivity index is 1.33. The van der Waals surface area contributed by atoms with E-state index in [1.807, 2.05) is 31.4 Å². The third kappa shape index (κ3) is 5.37. The van der Waals surface area contributed by atoms with E-state index in [2.05, 4.69) is 53.4 Å². The number of halogens is 1. The number of piperazine rings is 1. The average Bonchev–Trinajstić information content (AvgIpc) is 3.26. The molecule has 8 nitrogen and oxygen atoms in total. The maximum absolute atomic E-state index is 6.32. The monoisotopic (exact) mass is 442 g/mol. The standard InChI is InChI=1S/C22H31ClN8/c1-24-22(28-18-7-10-31(16-18)21-19(23)6-4-9-26-21)27-15-17-5-3-8-25-20(17)30-13-11-29(2)12-14-30/h3-6,8-9,18H,7,10-16H2,1-2H3,(H2,24,27,28). The van der Waals surface area contributed by atoms with E-state index in [1.165, 1.54) is 5.56 Å². The zero-order valence-corrected chi connectivity index (χ0v) is 19.0. The highest BCUT2D eigenvalue weighted by Gasteiger charge is 2.25. The zero-order valence-electron chi connectivity index (χ0n) is 18.3. The number of likely N-dealkylation sites (N-methyl/N-ethyl adjacent to an activating group) is 1. The van der Waals surface area contributed by atoms with Crippen LogP contribution in [0, 0.1) is 0 Å². The van der Waals surface area contributed by atoms with Crippen molar-refractivity contribution in [1.29, 1.82) is 0 Å². The first-order valence-corrected chi connectivity index (χ1v) is 11.2. The van der Waals surface area contributed by atoms with Gasteiger partial charge in [-0.25, -0.2) is 9.97 Å². The molecule has 2 N–H and O–H groups in total. The SMILES string of the molecule is CN=C(NCc1cccnc1N1CCN(C)CC1)NC1CCN(c2ncccc2Cl)C1. The molecule has 2 aromatic rings. The van der Waals surface area contributed by atoms with E-state index in [4.69, 9.17) is 11.6 Å². The lowest BCUT2D eigenvalue weighted by Gasteiger charge is -2.34. The minimum atomic E-state index is 0.287. The van der Waals surface area contributed by atoms with Crippen LogP contribution >= 0.6 is 11.6 Å². The van der Waals surface area contributed by atoms with Gasteiger partial charge in [-0.05, 0) is 31.7 Å². The van der Waals surface area contributed by atoms with E-state index in [1.54, 1.807) is 6.20 Å². The molecule has 2 aliphatic heterocycles. The van der Waals surface area contributed by atoms with Gasteiger partial charge in [0.15, 0.2) is 5.96 Å². The molecule has 4 rings (SSSR count). The van der Waals surface area contributed by atoms with Crippen LogP contribution in [0.3, 0.4) is 0 Å². The minimum Gasteiger partial charge on any atom is -0.354 e. The van der Waals surface area contributed by atoms with Crippen LogP contribution in [0.5, 0.6) is 0 Å². The summed E-state index contributed by atoms with van der Waals surface area (Å²) in [6.45, 7) is 6.56. The lowest BCUT2D eigenvalue weighted by molar-refractivity contribution is 0.312. The van der Waals surface area contributed by atoms with Gasteiger partial charge < -0.3 is 25.3 Å². The van der Waals surface area contributed by atoms with Crippen LogP contribution in [-0.2, 0) is 6.54 Å². The van der Waals surface area contributed by atoms with E-state index < -0.39 is 0 Å². The third-order valence-corrected chi connectivity index (χ3v) is 6.20. The van der Waals surface area contributed by atoms with E-state index >= 15 is 0 Å². The molecular formula is C22H31ClN8. The molecule has 0 aromatic carbocycles. The van der Waals surface area contributed by atoms with Gasteiger partial charge in [0.05, 0.1) is 5.02 Å². The number of nitrogens with one attached hydrogen (secondary N) is 2. The second-order valence-corrected chi connectivity index (χ2v) is 8.49. The lowest BCUT2D eigenvalue weighted by Crippen LogP contribution is -2.46. The molecule has 31 heavy (non-hydrogen) atoms. The van der Waals surface area contributed by atoms with Gasteiger partial charge >= 0.3 is 0 Å². The number of aliphatic imine (C=N–C) groups is 1. The fraction of sp³-hybridized carbons (Fsp3) is 0.500. The van der Waals surface area contributed by atoms with Crippen molar-refractivity contribution in [2.75, 3.05) is 63.2 Å². The Bertz CT molecular complexity index is 897. The molecule has 1 atom stereocenters. The molecule has 2 saturated heterocycles. The Labute approximate surface area is 189 Å². The number of rotatable bonds is 5. The molecule has 2 aliphatic rings. The van der Waals surface area contributed by atoms with Crippen molar-refractivity contribution in [1.82, 2.24) is 25.5 Å². The van der Waals surface area contributed by atoms with Crippen LogP contribution in [0.1, 0.15) is 12.0 Å². The number of anilines is 2. The molecule has 2 fully saturated rings. The van der Waals surface area contributed by atoms with E-state index in [9.17, 15) is 0 Å². The van der Waals surface area contributed by atoms with E-state index in [0.717, 1.165) is 63.3 Å². The van der Waals surface area contributed by atoms with Gasteiger partial charge in [0.1, 0.15) is 11.6 Å². The van der Waals surface area contributed by atoms with Crippen molar-refractivity contribution >= 4 is 29.2 Å². The van der Waals surface area contributed by atoms with Crippen LogP contribution in [0.25, 0.3) is 0 Å². The summed E-state index contributed by atoms with van der Waals surface area (Å²) >= 11 is 6.32.